The highest BCUT2D eigenvalue weighted by Crippen LogP contribution is 2.34. The Bertz CT molecular complexity index is 958. The second kappa shape index (κ2) is 8.73. The van der Waals surface area contributed by atoms with Gasteiger partial charge in [0.15, 0.2) is 5.69 Å². The number of benzene rings is 2. The van der Waals surface area contributed by atoms with Crippen LogP contribution in [0.25, 0.3) is 11.3 Å². The van der Waals surface area contributed by atoms with Crippen molar-refractivity contribution in [1.29, 1.82) is 0 Å². The Labute approximate surface area is 173 Å². The molecule has 0 unspecified atom stereocenters. The van der Waals surface area contributed by atoms with Gasteiger partial charge in [-0.05, 0) is 37.3 Å². The number of aromatic nitrogens is 3. The number of rotatable bonds is 6. The van der Waals surface area contributed by atoms with E-state index in [-0.39, 0.29) is 18.9 Å². The molecule has 0 saturated carbocycles. The van der Waals surface area contributed by atoms with Crippen molar-refractivity contribution >= 4 is 45.1 Å². The zero-order valence-electron chi connectivity index (χ0n) is 14.1. The predicted molar refractivity (Wildman–Crippen MR) is 106 cm³/mol. The molecule has 0 spiro atoms. The van der Waals surface area contributed by atoms with Crippen LogP contribution < -0.4 is 4.74 Å². The predicted octanol–water partition coefficient (Wildman–Crippen LogP) is 5.30. The summed E-state index contributed by atoms with van der Waals surface area (Å²) in [7, 11) is 0. The van der Waals surface area contributed by atoms with Gasteiger partial charge in [0.05, 0.1) is 6.61 Å². The number of aromatic amines is 1. The molecule has 27 heavy (non-hydrogen) atoms. The fraction of sp³-hybridized carbons (Fsp3) is 0.167. The summed E-state index contributed by atoms with van der Waals surface area (Å²) in [6, 6.07) is 10.6. The molecule has 140 valence electrons. The fourth-order valence-electron chi connectivity index (χ4n) is 2.39. The lowest BCUT2D eigenvalue weighted by atomic mass is 10.1. The van der Waals surface area contributed by atoms with Crippen molar-refractivity contribution in [1.82, 2.24) is 15.4 Å². The van der Waals surface area contributed by atoms with Crippen LogP contribution in [0.1, 0.15) is 23.0 Å². The first-order valence-corrected chi connectivity index (χ1v) is 9.49. The maximum absolute atomic E-state index is 12.1. The topological polar surface area (TPSA) is 77.1 Å². The summed E-state index contributed by atoms with van der Waals surface area (Å²) in [4.78, 5) is 12.1. The Hall–Kier alpha value is -2.09. The van der Waals surface area contributed by atoms with Crippen LogP contribution in [0.4, 0.5) is 0 Å². The minimum atomic E-state index is -0.568. The molecule has 3 aromatic rings. The third-order valence-electron chi connectivity index (χ3n) is 3.65. The standard InChI is InChI=1S/C18H14BrCl2N3O3/c1-2-26-18(25)17-16(22-24-23-17)11-8-10(19)6-7-15(11)27-9-12-13(20)4-3-5-14(12)21/h3-8H,2,9H2,1H3,(H,22,23,24). The molecule has 0 aliphatic carbocycles. The summed E-state index contributed by atoms with van der Waals surface area (Å²) in [6.07, 6.45) is 0. The third kappa shape index (κ3) is 4.43. The maximum Gasteiger partial charge on any atom is 0.361 e. The van der Waals surface area contributed by atoms with Crippen molar-refractivity contribution in [2.45, 2.75) is 13.5 Å². The molecule has 6 nitrogen and oxygen atoms in total. The molecular formula is C18H14BrCl2N3O3. The molecule has 0 atom stereocenters. The summed E-state index contributed by atoms with van der Waals surface area (Å²) in [5.41, 5.74) is 1.65. The van der Waals surface area contributed by atoms with Gasteiger partial charge >= 0.3 is 5.97 Å². The van der Waals surface area contributed by atoms with Gasteiger partial charge in [0, 0.05) is 25.6 Å². The number of H-pyrrole nitrogens is 1. The number of carbonyl (C=O) groups excluding carboxylic acids is 1. The van der Waals surface area contributed by atoms with Crippen molar-refractivity contribution in [2.75, 3.05) is 6.61 Å². The molecule has 0 radical (unpaired) electrons. The summed E-state index contributed by atoms with van der Waals surface area (Å²) < 4.78 is 11.8. The Balaban J connectivity index is 1.95. The summed E-state index contributed by atoms with van der Waals surface area (Å²) in [5, 5.41) is 11.5. The van der Waals surface area contributed by atoms with Gasteiger partial charge in [-0.15, -0.1) is 5.10 Å². The number of hydrogen-bond donors (Lipinski definition) is 1. The molecule has 1 aromatic heterocycles. The van der Waals surface area contributed by atoms with E-state index >= 15 is 0 Å². The van der Waals surface area contributed by atoms with Crippen molar-refractivity contribution in [3.8, 4) is 17.0 Å². The van der Waals surface area contributed by atoms with Crippen LogP contribution in [0, 0.1) is 0 Å². The first kappa shape index (κ1) is 19.7. The number of ether oxygens (including phenoxy) is 2. The Morgan fingerprint density at radius 1 is 1.19 bits per heavy atom. The van der Waals surface area contributed by atoms with E-state index in [1.54, 1.807) is 37.3 Å². The lowest BCUT2D eigenvalue weighted by molar-refractivity contribution is 0.0520. The number of nitrogens with zero attached hydrogens (tertiary/aromatic N) is 2. The third-order valence-corrected chi connectivity index (χ3v) is 4.85. The van der Waals surface area contributed by atoms with Crippen molar-refractivity contribution in [3.63, 3.8) is 0 Å². The van der Waals surface area contributed by atoms with E-state index < -0.39 is 5.97 Å². The Kier molecular flexibility index (Phi) is 6.36. The Morgan fingerprint density at radius 3 is 2.63 bits per heavy atom. The van der Waals surface area contributed by atoms with Gasteiger partial charge in [-0.1, -0.05) is 45.2 Å². The van der Waals surface area contributed by atoms with Crippen LogP contribution in [-0.2, 0) is 11.3 Å². The minimum Gasteiger partial charge on any atom is -0.488 e. The molecule has 2 aromatic carbocycles. The van der Waals surface area contributed by atoms with Crippen LogP contribution in [0.2, 0.25) is 10.0 Å². The van der Waals surface area contributed by atoms with E-state index in [0.29, 0.717) is 32.6 Å². The van der Waals surface area contributed by atoms with Gasteiger partial charge < -0.3 is 9.47 Å². The number of halogens is 3. The summed E-state index contributed by atoms with van der Waals surface area (Å²) in [6.45, 7) is 2.11. The van der Waals surface area contributed by atoms with Gasteiger partial charge in [0.25, 0.3) is 0 Å². The van der Waals surface area contributed by atoms with Gasteiger partial charge in [0.1, 0.15) is 18.1 Å². The van der Waals surface area contributed by atoms with Crippen LogP contribution >= 0.6 is 39.1 Å². The average molecular weight is 471 g/mol. The molecule has 9 heteroatoms. The van der Waals surface area contributed by atoms with Gasteiger partial charge in [-0.2, -0.15) is 10.3 Å². The minimum absolute atomic E-state index is 0.0792. The van der Waals surface area contributed by atoms with Gasteiger partial charge in [0.2, 0.25) is 0 Å². The summed E-state index contributed by atoms with van der Waals surface area (Å²) in [5.74, 6) is -0.0741. The molecule has 0 bridgehead atoms. The SMILES string of the molecule is CCOC(=O)c1n[nH]nc1-c1cc(Br)ccc1OCc1c(Cl)cccc1Cl. The normalized spacial score (nSPS) is 10.7. The van der Waals surface area contributed by atoms with Crippen LogP contribution in [-0.4, -0.2) is 28.0 Å². The fourth-order valence-corrected chi connectivity index (χ4v) is 3.26. The number of carbonyl (C=O) groups is 1. The maximum atomic E-state index is 12.1. The highest BCUT2D eigenvalue weighted by atomic mass is 79.9. The average Bonchev–Trinajstić information content (AvgIpc) is 3.12. The second-order valence-electron chi connectivity index (χ2n) is 5.37. The van der Waals surface area contributed by atoms with Crippen molar-refractivity contribution in [3.05, 3.63) is 62.2 Å². The monoisotopic (exact) mass is 469 g/mol. The zero-order chi connectivity index (χ0) is 19.4. The molecular weight excluding hydrogens is 457 g/mol. The number of nitrogens with one attached hydrogen (secondary N) is 1. The molecule has 0 aliphatic rings. The largest absolute Gasteiger partial charge is 0.488 e. The highest BCUT2D eigenvalue weighted by molar-refractivity contribution is 9.10. The number of esters is 1. The van der Waals surface area contributed by atoms with E-state index in [0.717, 1.165) is 4.47 Å². The van der Waals surface area contributed by atoms with Crippen LogP contribution in [0.5, 0.6) is 5.75 Å². The van der Waals surface area contributed by atoms with E-state index in [4.69, 9.17) is 32.7 Å². The molecule has 3 rings (SSSR count). The zero-order valence-corrected chi connectivity index (χ0v) is 17.2. The smallest absolute Gasteiger partial charge is 0.361 e. The first-order chi connectivity index (χ1) is 13.0. The molecule has 0 fully saturated rings. The first-order valence-electron chi connectivity index (χ1n) is 7.94. The van der Waals surface area contributed by atoms with Crippen molar-refractivity contribution < 1.29 is 14.3 Å². The van der Waals surface area contributed by atoms with Crippen LogP contribution in [0.3, 0.4) is 0 Å². The molecule has 1 heterocycles. The summed E-state index contributed by atoms with van der Waals surface area (Å²) >= 11 is 15.8. The molecule has 0 amide bonds. The van der Waals surface area contributed by atoms with Gasteiger partial charge in [-0.3, -0.25) is 0 Å². The van der Waals surface area contributed by atoms with E-state index in [2.05, 4.69) is 31.3 Å². The second-order valence-corrected chi connectivity index (χ2v) is 7.10. The Morgan fingerprint density at radius 2 is 1.93 bits per heavy atom. The van der Waals surface area contributed by atoms with E-state index in [9.17, 15) is 4.79 Å². The quantitative estimate of drug-likeness (QED) is 0.495. The number of hydrogen-bond acceptors (Lipinski definition) is 5. The lowest BCUT2D eigenvalue weighted by Crippen LogP contribution is -2.07. The van der Waals surface area contributed by atoms with Gasteiger partial charge in [-0.25, -0.2) is 4.79 Å². The highest BCUT2D eigenvalue weighted by Gasteiger charge is 2.22. The van der Waals surface area contributed by atoms with E-state index in [1.807, 2.05) is 6.07 Å². The molecule has 1 N–H and O–H groups in total. The molecule has 0 aliphatic heterocycles. The van der Waals surface area contributed by atoms with Crippen LogP contribution in [0.15, 0.2) is 40.9 Å². The lowest BCUT2D eigenvalue weighted by Gasteiger charge is -2.13. The molecule has 0 saturated heterocycles. The van der Waals surface area contributed by atoms with Crippen molar-refractivity contribution in [2.24, 2.45) is 0 Å². The van der Waals surface area contributed by atoms with E-state index in [1.165, 1.54) is 0 Å².